The molecule has 0 saturated heterocycles. The predicted molar refractivity (Wildman–Crippen MR) is 63.6 cm³/mol. The fraction of sp³-hybridized carbons (Fsp3) is 0.182. The second-order valence-electron chi connectivity index (χ2n) is 3.72. The van der Waals surface area contributed by atoms with Gasteiger partial charge >= 0.3 is 0 Å². The summed E-state index contributed by atoms with van der Waals surface area (Å²) >= 11 is 0. The summed E-state index contributed by atoms with van der Waals surface area (Å²) in [6, 6.07) is 1.48. The van der Waals surface area contributed by atoms with Crippen LogP contribution in [0, 0.1) is 17.5 Å². The lowest BCUT2D eigenvalue weighted by Gasteiger charge is -2.11. The third kappa shape index (κ3) is 3.41. The van der Waals surface area contributed by atoms with Crippen LogP contribution in [-0.4, -0.2) is 24.8 Å². The van der Waals surface area contributed by atoms with E-state index < -0.39 is 17.5 Å². The molecule has 98 valence electrons. The Labute approximate surface area is 102 Å². The van der Waals surface area contributed by atoms with Gasteiger partial charge < -0.3 is 16.4 Å². The highest BCUT2D eigenvalue weighted by molar-refractivity contribution is 5.93. The molecule has 4 N–H and O–H groups in total. The lowest BCUT2D eigenvalue weighted by Crippen LogP contribution is -2.21. The molecule has 0 aliphatic carbocycles. The maximum absolute atomic E-state index is 12.9. The summed E-state index contributed by atoms with van der Waals surface area (Å²) < 4.78 is 38.5. The van der Waals surface area contributed by atoms with Crippen LogP contribution in [0.25, 0.3) is 0 Å². The van der Waals surface area contributed by atoms with Crippen LogP contribution in [0.1, 0.15) is 0 Å². The lowest BCUT2D eigenvalue weighted by atomic mass is 10.3. The first kappa shape index (κ1) is 13.9. The molecular formula is C11H13F3N4. The Kier molecular flexibility index (Phi) is 4.19. The smallest absolute Gasteiger partial charge is 0.194 e. The van der Waals surface area contributed by atoms with Crippen molar-refractivity contribution >= 4 is 11.5 Å². The molecule has 1 aromatic carbocycles. The number of aliphatic imine (C=N–C) groups is 1. The van der Waals surface area contributed by atoms with Gasteiger partial charge in [0.05, 0.1) is 5.69 Å². The number of halogens is 3. The maximum atomic E-state index is 12.9. The SMILES string of the molecule is CN(C)C(N)=CC(N)=Nc1cc(F)c(F)c(F)c1. The van der Waals surface area contributed by atoms with E-state index in [0.29, 0.717) is 5.82 Å². The molecular weight excluding hydrogens is 245 g/mol. The molecule has 0 spiro atoms. The highest BCUT2D eigenvalue weighted by Gasteiger charge is 2.10. The van der Waals surface area contributed by atoms with Crippen molar-refractivity contribution in [2.45, 2.75) is 0 Å². The molecule has 0 fully saturated rings. The number of hydrogen-bond donors (Lipinski definition) is 2. The largest absolute Gasteiger partial charge is 0.385 e. The molecule has 7 heteroatoms. The highest BCUT2D eigenvalue weighted by Crippen LogP contribution is 2.19. The molecule has 0 aliphatic heterocycles. The van der Waals surface area contributed by atoms with Crippen LogP contribution in [0.3, 0.4) is 0 Å². The Morgan fingerprint density at radius 3 is 2.11 bits per heavy atom. The van der Waals surface area contributed by atoms with Crippen molar-refractivity contribution in [3.05, 3.63) is 41.5 Å². The van der Waals surface area contributed by atoms with Crippen molar-refractivity contribution in [2.24, 2.45) is 16.5 Å². The third-order valence-corrected chi connectivity index (χ3v) is 2.04. The molecule has 0 radical (unpaired) electrons. The summed E-state index contributed by atoms with van der Waals surface area (Å²) in [5.41, 5.74) is 11.0. The average molecular weight is 258 g/mol. The van der Waals surface area contributed by atoms with Crippen LogP contribution < -0.4 is 11.5 Å². The molecule has 0 bridgehead atoms. The van der Waals surface area contributed by atoms with E-state index in [4.69, 9.17) is 11.5 Å². The summed E-state index contributed by atoms with van der Waals surface area (Å²) in [5.74, 6) is -3.93. The van der Waals surface area contributed by atoms with E-state index in [9.17, 15) is 13.2 Å². The standard InChI is InChI=1S/C11H13F3N4/c1-18(2)10(16)5-9(15)17-6-3-7(12)11(14)8(13)4-6/h3-5H,16H2,1-2H3,(H2,15,17). The van der Waals surface area contributed by atoms with Gasteiger partial charge in [-0.05, 0) is 0 Å². The van der Waals surface area contributed by atoms with E-state index in [2.05, 4.69) is 4.99 Å². The van der Waals surface area contributed by atoms with Gasteiger partial charge in [0.25, 0.3) is 0 Å². The Morgan fingerprint density at radius 1 is 1.17 bits per heavy atom. The van der Waals surface area contributed by atoms with Gasteiger partial charge in [-0.15, -0.1) is 0 Å². The van der Waals surface area contributed by atoms with Crippen molar-refractivity contribution in [1.29, 1.82) is 0 Å². The van der Waals surface area contributed by atoms with Crippen LogP contribution >= 0.6 is 0 Å². The first-order chi connectivity index (χ1) is 8.31. The number of nitrogens with two attached hydrogens (primary N) is 2. The van der Waals surface area contributed by atoms with Crippen LogP contribution in [0.5, 0.6) is 0 Å². The van der Waals surface area contributed by atoms with E-state index in [1.165, 1.54) is 6.08 Å². The van der Waals surface area contributed by atoms with Gasteiger partial charge in [-0.2, -0.15) is 0 Å². The molecule has 0 unspecified atom stereocenters. The third-order valence-electron chi connectivity index (χ3n) is 2.04. The summed E-state index contributed by atoms with van der Waals surface area (Å²) in [6.45, 7) is 0. The van der Waals surface area contributed by atoms with Gasteiger partial charge in [-0.25, -0.2) is 18.2 Å². The molecule has 4 nitrogen and oxygen atoms in total. The second kappa shape index (κ2) is 5.44. The number of benzene rings is 1. The second-order valence-corrected chi connectivity index (χ2v) is 3.72. The van der Waals surface area contributed by atoms with E-state index >= 15 is 0 Å². The zero-order valence-electron chi connectivity index (χ0n) is 9.92. The van der Waals surface area contributed by atoms with Crippen LogP contribution in [0.4, 0.5) is 18.9 Å². The van der Waals surface area contributed by atoms with Crippen LogP contribution in [0.15, 0.2) is 29.0 Å². The monoisotopic (exact) mass is 258 g/mol. The number of amidine groups is 1. The minimum absolute atomic E-state index is 0.0494. The Hall–Kier alpha value is -2.18. The van der Waals surface area contributed by atoms with Gasteiger partial charge in [-0.1, -0.05) is 0 Å². The Bertz CT molecular complexity index is 486. The normalized spacial score (nSPS) is 12.7. The Morgan fingerprint density at radius 2 is 1.67 bits per heavy atom. The lowest BCUT2D eigenvalue weighted by molar-refractivity contribution is 0.447. The van der Waals surface area contributed by atoms with Gasteiger partial charge in [0.15, 0.2) is 17.5 Å². The zero-order chi connectivity index (χ0) is 13.9. The minimum Gasteiger partial charge on any atom is -0.385 e. The molecule has 0 atom stereocenters. The summed E-state index contributed by atoms with van der Waals surface area (Å²) in [7, 11) is 3.38. The molecule has 0 amide bonds. The molecule has 0 aromatic heterocycles. The number of nitrogens with zero attached hydrogens (tertiary/aromatic N) is 2. The maximum Gasteiger partial charge on any atom is 0.194 e. The van der Waals surface area contributed by atoms with Gasteiger partial charge in [0.2, 0.25) is 0 Å². The topological polar surface area (TPSA) is 67.6 Å². The van der Waals surface area contributed by atoms with Crippen molar-refractivity contribution in [1.82, 2.24) is 4.90 Å². The fourth-order valence-electron chi connectivity index (χ4n) is 1.07. The quantitative estimate of drug-likeness (QED) is 0.490. The first-order valence-corrected chi connectivity index (χ1v) is 4.94. The molecule has 18 heavy (non-hydrogen) atoms. The van der Waals surface area contributed by atoms with Crippen LogP contribution in [0.2, 0.25) is 0 Å². The Balaban J connectivity index is 3.07. The number of rotatable bonds is 3. The summed E-state index contributed by atoms with van der Waals surface area (Å²) in [6.07, 6.45) is 1.32. The first-order valence-electron chi connectivity index (χ1n) is 4.94. The van der Waals surface area contributed by atoms with Gasteiger partial charge in [0.1, 0.15) is 11.7 Å². The van der Waals surface area contributed by atoms with E-state index in [1.54, 1.807) is 19.0 Å². The number of hydrogen-bond acceptors (Lipinski definition) is 3. The fourth-order valence-corrected chi connectivity index (χ4v) is 1.07. The van der Waals surface area contributed by atoms with Crippen molar-refractivity contribution in [3.8, 4) is 0 Å². The average Bonchev–Trinajstić information content (AvgIpc) is 2.25. The molecule has 1 rings (SSSR count). The molecule has 0 aliphatic rings. The van der Waals surface area contributed by atoms with Crippen molar-refractivity contribution in [2.75, 3.05) is 14.1 Å². The van der Waals surface area contributed by atoms with E-state index in [1.807, 2.05) is 0 Å². The summed E-state index contributed by atoms with van der Waals surface area (Å²) in [5, 5.41) is 0. The van der Waals surface area contributed by atoms with Gasteiger partial charge in [-0.3, -0.25) is 0 Å². The minimum atomic E-state index is -1.55. The highest BCUT2D eigenvalue weighted by atomic mass is 19.2. The van der Waals surface area contributed by atoms with E-state index in [0.717, 1.165) is 12.1 Å². The zero-order valence-corrected chi connectivity index (χ0v) is 9.92. The molecule has 0 saturated carbocycles. The molecule has 0 heterocycles. The summed E-state index contributed by atoms with van der Waals surface area (Å²) in [4.78, 5) is 5.29. The van der Waals surface area contributed by atoms with Crippen LogP contribution in [-0.2, 0) is 0 Å². The van der Waals surface area contributed by atoms with E-state index in [-0.39, 0.29) is 11.5 Å². The van der Waals surface area contributed by atoms with Crippen molar-refractivity contribution in [3.63, 3.8) is 0 Å². The predicted octanol–water partition coefficient (Wildman–Crippen LogP) is 1.45. The molecule has 1 aromatic rings. The van der Waals surface area contributed by atoms with Gasteiger partial charge in [0, 0.05) is 32.3 Å². The van der Waals surface area contributed by atoms with Crippen molar-refractivity contribution < 1.29 is 13.2 Å².